The maximum atomic E-state index is 13.2. The Morgan fingerprint density at radius 2 is 1.88 bits per heavy atom. The van der Waals surface area contributed by atoms with Gasteiger partial charge in [-0.2, -0.15) is 0 Å². The molecule has 3 aromatic rings. The number of amides is 1. The van der Waals surface area contributed by atoms with Gasteiger partial charge in [-0.15, -0.1) is 0 Å². The van der Waals surface area contributed by atoms with Gasteiger partial charge in [-0.05, 0) is 47.1 Å². The molecule has 0 atom stereocenters. The summed E-state index contributed by atoms with van der Waals surface area (Å²) >= 11 is 3.20. The minimum Gasteiger partial charge on any atom is -0.507 e. The first kappa shape index (κ1) is 18.3. The monoisotopic (exact) mass is 438 g/mol. The van der Waals surface area contributed by atoms with Crippen LogP contribution >= 0.6 is 15.9 Å². The second-order valence-electron chi connectivity index (χ2n) is 5.69. The second kappa shape index (κ2) is 6.65. The lowest BCUT2D eigenvalue weighted by atomic mass is 10.2. The van der Waals surface area contributed by atoms with E-state index in [1.54, 1.807) is 24.3 Å². The van der Waals surface area contributed by atoms with Crippen molar-refractivity contribution in [3.8, 4) is 5.75 Å². The number of halogens is 1. The lowest BCUT2D eigenvalue weighted by Crippen LogP contribution is -2.19. The number of rotatable bonds is 4. The molecule has 136 valence electrons. The number of hydrogen-bond donors (Lipinski definition) is 2. The van der Waals surface area contributed by atoms with Gasteiger partial charge < -0.3 is 15.6 Å². The highest BCUT2D eigenvalue weighted by Gasteiger charge is 2.24. The molecule has 3 N–H and O–H groups in total. The molecule has 2 aromatic carbocycles. The Morgan fingerprint density at radius 1 is 1.23 bits per heavy atom. The summed E-state index contributed by atoms with van der Waals surface area (Å²) in [5, 5.41) is 10.5. The number of aryl methyl sites for hydroxylation is 1. The molecule has 1 aromatic heterocycles. The van der Waals surface area contributed by atoms with E-state index in [4.69, 9.17) is 10.5 Å². The summed E-state index contributed by atoms with van der Waals surface area (Å²) in [5.74, 6) is -0.113. The van der Waals surface area contributed by atoms with Crippen molar-refractivity contribution in [3.63, 3.8) is 0 Å². The van der Waals surface area contributed by atoms with Crippen LogP contribution in [-0.4, -0.2) is 23.6 Å². The summed E-state index contributed by atoms with van der Waals surface area (Å²) in [6.07, 6.45) is -1.02. The Hall–Kier alpha value is -2.52. The third-order valence-corrected chi connectivity index (χ3v) is 6.23. The molecule has 0 unspecified atom stereocenters. The van der Waals surface area contributed by atoms with E-state index in [1.165, 1.54) is 18.2 Å². The first-order valence-electron chi connectivity index (χ1n) is 7.47. The number of fused-ring (bicyclic) bond motifs is 1. The van der Waals surface area contributed by atoms with Crippen LogP contribution in [0.4, 0.5) is 4.79 Å². The number of nitrogens with zero attached hydrogens (tertiary/aromatic N) is 1. The number of carbonyl (C=O) groups excluding carboxylic acids is 1. The lowest BCUT2D eigenvalue weighted by Gasteiger charge is -2.12. The Kier molecular flexibility index (Phi) is 4.68. The van der Waals surface area contributed by atoms with Crippen molar-refractivity contribution >= 4 is 42.9 Å². The summed E-state index contributed by atoms with van der Waals surface area (Å²) in [6, 6.07) is 10.8. The van der Waals surface area contributed by atoms with Gasteiger partial charge in [-0.25, -0.2) is 17.2 Å². The number of benzene rings is 2. The average Bonchev–Trinajstić information content (AvgIpc) is 2.91. The highest BCUT2D eigenvalue weighted by molar-refractivity contribution is 9.10. The smallest absolute Gasteiger partial charge is 0.404 e. The molecule has 9 heteroatoms. The lowest BCUT2D eigenvalue weighted by molar-refractivity contribution is 0.148. The number of primary amides is 1. The first-order chi connectivity index (χ1) is 12.2. The fourth-order valence-electron chi connectivity index (χ4n) is 2.60. The number of aromatic hydroxyl groups is 1. The van der Waals surface area contributed by atoms with Crippen LogP contribution in [0, 0.1) is 6.92 Å². The second-order valence-corrected chi connectivity index (χ2v) is 8.33. The Morgan fingerprint density at radius 3 is 2.50 bits per heavy atom. The number of ether oxygens (including phenoxy) is 1. The van der Waals surface area contributed by atoms with Crippen molar-refractivity contribution in [2.45, 2.75) is 18.4 Å². The zero-order valence-corrected chi connectivity index (χ0v) is 16.0. The van der Waals surface area contributed by atoms with Crippen LogP contribution in [0.3, 0.4) is 0 Å². The number of aromatic nitrogens is 1. The van der Waals surface area contributed by atoms with Crippen LogP contribution < -0.4 is 5.73 Å². The van der Waals surface area contributed by atoms with E-state index < -0.39 is 16.1 Å². The van der Waals surface area contributed by atoms with Gasteiger partial charge in [0.2, 0.25) is 0 Å². The molecule has 3 rings (SSSR count). The molecule has 0 aliphatic carbocycles. The molecule has 0 radical (unpaired) electrons. The zero-order chi connectivity index (χ0) is 19.1. The molecule has 1 amide bonds. The third kappa shape index (κ3) is 3.27. The number of carbonyl (C=O) groups is 1. The number of phenols is 1. The van der Waals surface area contributed by atoms with Crippen LogP contribution in [0.5, 0.6) is 5.75 Å². The van der Waals surface area contributed by atoms with Crippen LogP contribution in [-0.2, 0) is 21.4 Å². The van der Waals surface area contributed by atoms with Crippen LogP contribution in [0.2, 0.25) is 0 Å². The molecule has 0 spiro atoms. The summed E-state index contributed by atoms with van der Waals surface area (Å²) in [6.45, 7) is 1.52. The van der Waals surface area contributed by atoms with Gasteiger partial charge in [-0.3, -0.25) is 0 Å². The molecule has 7 nitrogen and oxygen atoms in total. The Labute approximate surface area is 158 Å². The van der Waals surface area contributed by atoms with E-state index in [0.717, 1.165) is 9.54 Å². The van der Waals surface area contributed by atoms with Gasteiger partial charge in [0.05, 0.1) is 20.6 Å². The first-order valence-corrected chi connectivity index (χ1v) is 9.71. The molecule has 0 saturated heterocycles. The topological polar surface area (TPSA) is 112 Å². The third-order valence-electron chi connectivity index (χ3n) is 3.82. The van der Waals surface area contributed by atoms with E-state index in [0.29, 0.717) is 9.86 Å². The van der Waals surface area contributed by atoms with Gasteiger partial charge in [-0.1, -0.05) is 17.7 Å². The molecule has 0 aliphatic heterocycles. The molecule has 1 heterocycles. The minimum atomic E-state index is -3.99. The van der Waals surface area contributed by atoms with Gasteiger partial charge in [0.15, 0.2) is 0 Å². The quantitative estimate of drug-likeness (QED) is 0.648. The van der Waals surface area contributed by atoms with E-state index in [9.17, 15) is 18.3 Å². The molecule has 0 saturated carbocycles. The standard InChI is InChI=1S/C17H15BrN2O5S/c1-10-2-4-13(5-3-10)26(23,24)20-12(9-25-17(19)22)6-11-7-14(18)16(21)8-15(11)20/h2-8,21H,9H2,1H3,(H2,19,22). The predicted octanol–water partition coefficient (Wildman–Crippen LogP) is 3.25. The Bertz CT molecular complexity index is 1100. The maximum Gasteiger partial charge on any atom is 0.404 e. The summed E-state index contributed by atoms with van der Waals surface area (Å²) < 4.78 is 32.6. The van der Waals surface area contributed by atoms with Crippen LogP contribution in [0.25, 0.3) is 10.9 Å². The van der Waals surface area contributed by atoms with E-state index in [1.807, 2.05) is 6.92 Å². The zero-order valence-electron chi connectivity index (χ0n) is 13.6. The van der Waals surface area contributed by atoms with Crippen LogP contribution in [0.1, 0.15) is 11.3 Å². The molecular weight excluding hydrogens is 424 g/mol. The van der Waals surface area contributed by atoms with Crippen molar-refractivity contribution in [1.29, 1.82) is 0 Å². The van der Waals surface area contributed by atoms with E-state index in [2.05, 4.69) is 15.9 Å². The van der Waals surface area contributed by atoms with E-state index >= 15 is 0 Å². The van der Waals surface area contributed by atoms with Gasteiger partial charge in [0.25, 0.3) is 10.0 Å². The SMILES string of the molecule is Cc1ccc(S(=O)(=O)n2c(COC(N)=O)cc3cc(Br)c(O)cc32)cc1. The minimum absolute atomic E-state index is 0.0725. The summed E-state index contributed by atoms with van der Waals surface area (Å²) in [5.41, 5.74) is 6.38. The number of hydrogen-bond acceptors (Lipinski definition) is 5. The van der Waals surface area contributed by atoms with Crippen molar-refractivity contribution < 1.29 is 23.1 Å². The summed E-state index contributed by atoms with van der Waals surface area (Å²) in [7, 11) is -3.99. The Balaban J connectivity index is 2.27. The van der Waals surface area contributed by atoms with Crippen molar-refractivity contribution in [2.75, 3.05) is 0 Å². The predicted molar refractivity (Wildman–Crippen MR) is 99.4 cm³/mol. The van der Waals surface area contributed by atoms with Gasteiger partial charge >= 0.3 is 6.09 Å². The fourth-order valence-corrected chi connectivity index (χ4v) is 4.48. The van der Waals surface area contributed by atoms with Gasteiger partial charge in [0.1, 0.15) is 12.4 Å². The van der Waals surface area contributed by atoms with Crippen molar-refractivity contribution in [2.24, 2.45) is 5.73 Å². The average molecular weight is 439 g/mol. The highest BCUT2D eigenvalue weighted by atomic mass is 79.9. The maximum absolute atomic E-state index is 13.2. The van der Waals surface area contributed by atoms with Crippen molar-refractivity contribution in [3.05, 3.63) is 58.2 Å². The van der Waals surface area contributed by atoms with E-state index in [-0.39, 0.29) is 28.5 Å². The molecular formula is C17H15BrN2O5S. The largest absolute Gasteiger partial charge is 0.507 e. The number of phenolic OH excluding ortho intramolecular Hbond substituents is 1. The molecule has 26 heavy (non-hydrogen) atoms. The molecule has 0 fully saturated rings. The van der Waals surface area contributed by atoms with Crippen LogP contribution in [0.15, 0.2) is 51.8 Å². The molecule has 0 bridgehead atoms. The van der Waals surface area contributed by atoms with Crippen molar-refractivity contribution in [1.82, 2.24) is 3.97 Å². The normalized spacial score (nSPS) is 11.6. The number of nitrogens with two attached hydrogens (primary N) is 1. The fraction of sp³-hybridized carbons (Fsp3) is 0.118. The van der Waals surface area contributed by atoms with Gasteiger partial charge in [0, 0.05) is 11.5 Å². The molecule has 0 aliphatic rings. The highest BCUT2D eigenvalue weighted by Crippen LogP contribution is 2.33. The summed E-state index contributed by atoms with van der Waals surface area (Å²) in [4.78, 5) is 11.0.